The van der Waals surface area contributed by atoms with E-state index in [0.717, 1.165) is 23.4 Å². The van der Waals surface area contributed by atoms with Gasteiger partial charge in [0.15, 0.2) is 0 Å². The molecule has 6 heteroatoms. The lowest BCUT2D eigenvalue weighted by molar-refractivity contribution is -0.128. The maximum absolute atomic E-state index is 12.6. The predicted octanol–water partition coefficient (Wildman–Crippen LogP) is 1.23. The number of rotatable bonds is 3. The van der Waals surface area contributed by atoms with Gasteiger partial charge in [-0.05, 0) is 32.4 Å². The van der Waals surface area contributed by atoms with Gasteiger partial charge in [-0.3, -0.25) is 4.79 Å². The van der Waals surface area contributed by atoms with Gasteiger partial charge >= 0.3 is 0 Å². The van der Waals surface area contributed by atoms with Crippen LogP contribution in [0, 0.1) is 12.8 Å². The Morgan fingerprint density at radius 2 is 2.35 bits per heavy atom. The molecule has 124 valence electrons. The number of nitrogens with one attached hydrogen (secondary N) is 2. The first kappa shape index (κ1) is 16.0. The molecule has 1 unspecified atom stereocenters. The van der Waals surface area contributed by atoms with Crippen LogP contribution >= 0.6 is 0 Å². The van der Waals surface area contributed by atoms with Crippen molar-refractivity contribution in [3.63, 3.8) is 0 Å². The molecule has 0 spiro atoms. The van der Waals surface area contributed by atoms with Crippen molar-refractivity contribution in [3.05, 3.63) is 35.9 Å². The molecule has 1 aliphatic heterocycles. The molecule has 3 heterocycles. The molecule has 0 aromatic carbocycles. The summed E-state index contributed by atoms with van der Waals surface area (Å²) in [6.45, 7) is 8.55. The minimum absolute atomic E-state index is 0.00574. The highest BCUT2D eigenvalue weighted by Crippen LogP contribution is 2.22. The van der Waals surface area contributed by atoms with E-state index in [-0.39, 0.29) is 11.8 Å². The van der Waals surface area contributed by atoms with E-state index < -0.39 is 5.54 Å². The van der Waals surface area contributed by atoms with E-state index in [0.29, 0.717) is 19.8 Å². The van der Waals surface area contributed by atoms with Crippen molar-refractivity contribution < 1.29 is 9.53 Å². The monoisotopic (exact) mass is 316 g/mol. The van der Waals surface area contributed by atoms with E-state index in [4.69, 9.17) is 4.74 Å². The topological polar surface area (TPSA) is 67.7 Å². The Balaban J connectivity index is 1.82. The number of carbonyl (C=O) groups excluding carboxylic acids is 1. The average molecular weight is 316 g/mol. The normalized spacial score (nSPS) is 19.5. The molecule has 1 atom stereocenters. The Morgan fingerprint density at radius 1 is 1.52 bits per heavy atom. The zero-order chi connectivity index (χ0) is 16.4. The fourth-order valence-electron chi connectivity index (χ4n) is 2.96. The summed E-state index contributed by atoms with van der Waals surface area (Å²) in [5.74, 6) is 0.644. The zero-order valence-electron chi connectivity index (χ0n) is 13.9. The Morgan fingerprint density at radius 3 is 3.17 bits per heavy atom. The molecule has 2 aromatic rings. The van der Waals surface area contributed by atoms with Crippen LogP contribution < -0.4 is 10.6 Å². The molecule has 0 saturated carbocycles. The highest BCUT2D eigenvalue weighted by Gasteiger charge is 2.31. The molecule has 3 rings (SSSR count). The summed E-state index contributed by atoms with van der Waals surface area (Å²) in [5, 5.41) is 6.35. The number of nitrogens with zero attached hydrogens (tertiary/aromatic N) is 2. The lowest BCUT2D eigenvalue weighted by Crippen LogP contribution is -2.47. The molecule has 23 heavy (non-hydrogen) atoms. The van der Waals surface area contributed by atoms with E-state index in [1.807, 2.05) is 36.7 Å². The van der Waals surface area contributed by atoms with Crippen LogP contribution in [0.15, 0.2) is 24.5 Å². The number of aromatic nitrogens is 2. The Bertz CT molecular complexity index is 700. The van der Waals surface area contributed by atoms with Gasteiger partial charge in [-0.2, -0.15) is 0 Å². The van der Waals surface area contributed by atoms with Gasteiger partial charge in [0.25, 0.3) is 0 Å². The van der Waals surface area contributed by atoms with E-state index in [1.165, 1.54) is 0 Å². The summed E-state index contributed by atoms with van der Waals surface area (Å²) < 4.78 is 7.51. The molecular formula is C17H24N4O2. The first-order chi connectivity index (χ1) is 11.0. The first-order valence-corrected chi connectivity index (χ1v) is 8.02. The van der Waals surface area contributed by atoms with Crippen LogP contribution in [0.2, 0.25) is 0 Å². The van der Waals surface area contributed by atoms with Gasteiger partial charge in [-0.1, -0.05) is 6.07 Å². The number of amides is 1. The molecule has 1 aliphatic rings. The Hall–Kier alpha value is -1.92. The van der Waals surface area contributed by atoms with Crippen LogP contribution in [0.3, 0.4) is 0 Å². The number of hydrogen-bond acceptors (Lipinski definition) is 4. The number of carbonyl (C=O) groups is 1. The summed E-state index contributed by atoms with van der Waals surface area (Å²) in [6, 6.07) is 4.05. The zero-order valence-corrected chi connectivity index (χ0v) is 13.9. The third-order valence-corrected chi connectivity index (χ3v) is 4.28. The summed E-state index contributed by atoms with van der Waals surface area (Å²) in [5.41, 5.74) is 1.66. The van der Waals surface area contributed by atoms with Gasteiger partial charge in [0.2, 0.25) is 5.91 Å². The second-order valence-electron chi connectivity index (χ2n) is 6.62. The van der Waals surface area contributed by atoms with Gasteiger partial charge in [0.05, 0.1) is 36.4 Å². The number of hydrogen-bond donors (Lipinski definition) is 2. The summed E-state index contributed by atoms with van der Waals surface area (Å²) in [7, 11) is 0. The lowest BCUT2D eigenvalue weighted by atomic mass is 10.0. The molecule has 6 nitrogen and oxygen atoms in total. The van der Waals surface area contributed by atoms with Gasteiger partial charge < -0.3 is 19.8 Å². The van der Waals surface area contributed by atoms with Crippen LogP contribution in [0.5, 0.6) is 0 Å². The van der Waals surface area contributed by atoms with Crippen LogP contribution in [0.1, 0.15) is 25.2 Å². The molecule has 2 N–H and O–H groups in total. The Labute approximate surface area is 136 Å². The van der Waals surface area contributed by atoms with Gasteiger partial charge in [0, 0.05) is 19.3 Å². The van der Waals surface area contributed by atoms with Crippen LogP contribution in [0.4, 0.5) is 0 Å². The number of ether oxygens (including phenoxy) is 1. The molecule has 1 saturated heterocycles. The van der Waals surface area contributed by atoms with Crippen molar-refractivity contribution in [1.29, 1.82) is 0 Å². The van der Waals surface area contributed by atoms with Gasteiger partial charge in [0.1, 0.15) is 5.82 Å². The van der Waals surface area contributed by atoms with Crippen LogP contribution in [0.25, 0.3) is 5.52 Å². The third-order valence-electron chi connectivity index (χ3n) is 4.28. The minimum atomic E-state index is -0.566. The second kappa shape index (κ2) is 6.29. The van der Waals surface area contributed by atoms with Crippen molar-refractivity contribution in [2.75, 3.05) is 26.3 Å². The van der Waals surface area contributed by atoms with Crippen molar-refractivity contribution >= 4 is 11.4 Å². The number of aryl methyl sites for hydroxylation is 1. The molecule has 0 aliphatic carbocycles. The maximum Gasteiger partial charge on any atom is 0.227 e. The standard InChI is InChI=1S/C17H24N4O2/c1-12-5-4-7-21-14(12)10-19-16(21)17(2,3)20-15(22)13-9-18-6-8-23-11-13/h4-5,7,10,13,18H,6,8-9,11H2,1-3H3,(H,20,22). The number of fused-ring (bicyclic) bond motifs is 1. The van der Waals surface area contributed by atoms with E-state index in [9.17, 15) is 4.79 Å². The van der Waals surface area contributed by atoms with E-state index >= 15 is 0 Å². The lowest BCUT2D eigenvalue weighted by Gasteiger charge is -2.27. The maximum atomic E-state index is 12.6. The van der Waals surface area contributed by atoms with Gasteiger partial charge in [-0.15, -0.1) is 0 Å². The molecular weight excluding hydrogens is 292 g/mol. The summed E-state index contributed by atoms with van der Waals surface area (Å²) in [6.07, 6.45) is 3.84. The quantitative estimate of drug-likeness (QED) is 0.894. The first-order valence-electron chi connectivity index (χ1n) is 8.02. The summed E-state index contributed by atoms with van der Waals surface area (Å²) >= 11 is 0. The van der Waals surface area contributed by atoms with Gasteiger partial charge in [-0.25, -0.2) is 4.98 Å². The smallest absolute Gasteiger partial charge is 0.227 e. The van der Waals surface area contributed by atoms with Crippen molar-refractivity contribution in [2.24, 2.45) is 5.92 Å². The highest BCUT2D eigenvalue weighted by atomic mass is 16.5. The summed E-state index contributed by atoms with van der Waals surface area (Å²) in [4.78, 5) is 17.1. The van der Waals surface area contributed by atoms with E-state index in [1.54, 1.807) is 0 Å². The predicted molar refractivity (Wildman–Crippen MR) is 88.3 cm³/mol. The SMILES string of the molecule is Cc1cccn2c(C(C)(C)NC(=O)C3CNCCOC3)ncc12. The van der Waals surface area contributed by atoms with Crippen molar-refractivity contribution in [1.82, 2.24) is 20.0 Å². The molecule has 2 aromatic heterocycles. The molecule has 1 fully saturated rings. The highest BCUT2D eigenvalue weighted by molar-refractivity contribution is 5.80. The van der Waals surface area contributed by atoms with Crippen LogP contribution in [-0.4, -0.2) is 41.6 Å². The number of imidazole rings is 1. The average Bonchev–Trinajstić information content (AvgIpc) is 2.77. The molecule has 0 radical (unpaired) electrons. The fourth-order valence-corrected chi connectivity index (χ4v) is 2.96. The van der Waals surface area contributed by atoms with Crippen molar-refractivity contribution in [3.8, 4) is 0 Å². The number of pyridine rings is 1. The third kappa shape index (κ3) is 3.23. The molecule has 1 amide bonds. The fraction of sp³-hybridized carbons (Fsp3) is 0.529. The minimum Gasteiger partial charge on any atom is -0.379 e. The molecule has 0 bridgehead atoms. The van der Waals surface area contributed by atoms with Crippen LogP contribution in [-0.2, 0) is 15.1 Å². The Kier molecular flexibility index (Phi) is 4.37. The largest absolute Gasteiger partial charge is 0.379 e. The second-order valence-corrected chi connectivity index (χ2v) is 6.62. The van der Waals surface area contributed by atoms with E-state index in [2.05, 4.69) is 28.6 Å². The van der Waals surface area contributed by atoms with Crippen molar-refractivity contribution in [2.45, 2.75) is 26.3 Å².